The number of methoxy groups -OCH3 is 4. The van der Waals surface area contributed by atoms with Gasteiger partial charge in [-0.15, -0.1) is 0 Å². The second-order valence-electron chi connectivity index (χ2n) is 3.49. The van der Waals surface area contributed by atoms with Gasteiger partial charge in [0.1, 0.15) is 0 Å². The molecule has 0 aromatic carbocycles. The van der Waals surface area contributed by atoms with Crippen LogP contribution in [0, 0.1) is 0 Å². The van der Waals surface area contributed by atoms with Crippen LogP contribution in [0.3, 0.4) is 0 Å². The molecule has 0 fully saturated rings. The second-order valence-corrected chi connectivity index (χ2v) is 3.49. The third kappa shape index (κ3) is 45.6. The zero-order valence-corrected chi connectivity index (χ0v) is 16.7. The van der Waals surface area contributed by atoms with E-state index in [4.69, 9.17) is 39.4 Å². The lowest BCUT2D eigenvalue weighted by atomic mass is 10.7. The second kappa shape index (κ2) is 26.9. The molecule has 0 rings (SSSR count). The standard InChI is InChI=1S/C5H12O4.4C3H4O2/c1-6-5(7-2,8-3)9-4;4*1-2-3(4)5/h1-4H3;4*2H,1H2,(H,4,5). The highest BCUT2D eigenvalue weighted by Gasteiger charge is 2.28. The van der Waals surface area contributed by atoms with Crippen LogP contribution in [0.5, 0.6) is 0 Å². The van der Waals surface area contributed by atoms with E-state index in [-0.39, 0.29) is 0 Å². The summed E-state index contributed by atoms with van der Waals surface area (Å²) in [5, 5.41) is 30.4. The molecule has 0 bridgehead atoms. The molecule has 0 aromatic heterocycles. The fourth-order valence-corrected chi connectivity index (χ4v) is 0.500. The number of hydrogen-bond acceptors (Lipinski definition) is 8. The zero-order valence-electron chi connectivity index (χ0n) is 16.7. The lowest BCUT2D eigenvalue weighted by Gasteiger charge is -2.25. The average molecular weight is 424 g/mol. The third-order valence-electron chi connectivity index (χ3n) is 1.70. The number of hydrogen-bond donors (Lipinski definition) is 4. The maximum atomic E-state index is 9.25. The van der Waals surface area contributed by atoms with Gasteiger partial charge in [-0.05, 0) is 0 Å². The van der Waals surface area contributed by atoms with Gasteiger partial charge >= 0.3 is 30.0 Å². The van der Waals surface area contributed by atoms with Crippen LogP contribution in [-0.2, 0) is 38.1 Å². The molecule has 0 aliphatic heterocycles. The van der Waals surface area contributed by atoms with Gasteiger partial charge < -0.3 is 39.4 Å². The van der Waals surface area contributed by atoms with E-state index < -0.39 is 30.0 Å². The molecule has 0 atom stereocenters. The number of carbonyl (C=O) groups is 4. The molecule has 29 heavy (non-hydrogen) atoms. The summed E-state index contributed by atoms with van der Waals surface area (Å²) in [6, 6.07) is 0. The Hall–Kier alpha value is -3.32. The highest BCUT2D eigenvalue weighted by Crippen LogP contribution is 2.10. The maximum Gasteiger partial charge on any atom is 0.411 e. The van der Waals surface area contributed by atoms with Crippen molar-refractivity contribution >= 4 is 23.9 Å². The Morgan fingerprint density at radius 2 is 0.655 bits per heavy atom. The van der Waals surface area contributed by atoms with E-state index in [0.717, 1.165) is 24.3 Å². The van der Waals surface area contributed by atoms with Gasteiger partial charge in [-0.2, -0.15) is 0 Å². The SMILES string of the molecule is C=CC(=O)O.C=CC(=O)O.C=CC(=O)O.C=CC(=O)O.COC(OC)(OC)OC. The fraction of sp³-hybridized carbons (Fsp3) is 0.294. The highest BCUT2D eigenvalue weighted by atomic mass is 17.0. The molecule has 12 nitrogen and oxygen atoms in total. The van der Waals surface area contributed by atoms with E-state index in [9.17, 15) is 19.2 Å². The van der Waals surface area contributed by atoms with E-state index in [1.165, 1.54) is 28.4 Å². The van der Waals surface area contributed by atoms with E-state index in [1.54, 1.807) is 0 Å². The van der Waals surface area contributed by atoms with E-state index >= 15 is 0 Å². The van der Waals surface area contributed by atoms with Crippen LogP contribution < -0.4 is 0 Å². The van der Waals surface area contributed by atoms with Crippen molar-refractivity contribution in [3.63, 3.8) is 0 Å². The molecule has 0 aliphatic carbocycles. The van der Waals surface area contributed by atoms with E-state index in [2.05, 4.69) is 26.3 Å². The fourth-order valence-electron chi connectivity index (χ4n) is 0.500. The van der Waals surface area contributed by atoms with Crippen molar-refractivity contribution in [2.45, 2.75) is 6.16 Å². The zero-order chi connectivity index (χ0) is 24.5. The molecule has 0 spiro atoms. The Balaban J connectivity index is -0.0000000853. The Bertz CT molecular complexity index is 417. The smallest absolute Gasteiger partial charge is 0.411 e. The van der Waals surface area contributed by atoms with Gasteiger partial charge in [0, 0.05) is 52.7 Å². The van der Waals surface area contributed by atoms with Crippen LogP contribution in [-0.4, -0.2) is 78.9 Å². The summed E-state index contributed by atoms with van der Waals surface area (Å²) in [5.74, 6) is -3.93. The van der Waals surface area contributed by atoms with Crippen LogP contribution in [0.4, 0.5) is 0 Å². The Labute approximate surface area is 168 Å². The van der Waals surface area contributed by atoms with Gasteiger partial charge in [-0.25, -0.2) is 19.2 Å². The van der Waals surface area contributed by atoms with Crippen LogP contribution in [0.1, 0.15) is 0 Å². The van der Waals surface area contributed by atoms with Gasteiger partial charge in [-0.1, -0.05) is 26.3 Å². The van der Waals surface area contributed by atoms with Gasteiger partial charge in [0.05, 0.1) is 0 Å². The third-order valence-corrected chi connectivity index (χ3v) is 1.70. The van der Waals surface area contributed by atoms with Crippen LogP contribution in [0.25, 0.3) is 0 Å². The van der Waals surface area contributed by atoms with Crippen LogP contribution in [0.15, 0.2) is 50.6 Å². The van der Waals surface area contributed by atoms with E-state index in [1.807, 2.05) is 0 Å². The summed E-state index contributed by atoms with van der Waals surface area (Å²) in [5.41, 5.74) is 0. The topological polar surface area (TPSA) is 186 Å². The van der Waals surface area contributed by atoms with Gasteiger partial charge in [0.15, 0.2) is 0 Å². The molecule has 0 radical (unpaired) electrons. The molecule has 0 saturated heterocycles. The molecular weight excluding hydrogens is 396 g/mol. The van der Waals surface area contributed by atoms with Gasteiger partial charge in [0.2, 0.25) is 0 Å². The van der Waals surface area contributed by atoms with Crippen molar-refractivity contribution in [2.24, 2.45) is 0 Å². The Morgan fingerprint density at radius 1 is 0.552 bits per heavy atom. The number of ether oxygens (including phenoxy) is 4. The van der Waals surface area contributed by atoms with Crippen molar-refractivity contribution in [3.05, 3.63) is 50.6 Å². The summed E-state index contributed by atoms with van der Waals surface area (Å²) in [6.07, 6.45) is 2.00. The van der Waals surface area contributed by atoms with Crippen molar-refractivity contribution < 1.29 is 58.6 Å². The molecule has 0 heterocycles. The summed E-state index contributed by atoms with van der Waals surface area (Å²) in [4.78, 5) is 37.0. The Morgan fingerprint density at radius 3 is 0.655 bits per heavy atom. The minimum Gasteiger partial charge on any atom is -0.478 e. The lowest BCUT2D eigenvalue weighted by Crippen LogP contribution is -2.37. The molecule has 168 valence electrons. The summed E-state index contributed by atoms with van der Waals surface area (Å²) in [7, 11) is 5.71. The minimum atomic E-state index is -1.33. The minimum absolute atomic E-state index is 0.833. The van der Waals surface area contributed by atoms with Crippen molar-refractivity contribution in [1.29, 1.82) is 0 Å². The van der Waals surface area contributed by atoms with Crippen molar-refractivity contribution in [2.75, 3.05) is 28.4 Å². The van der Waals surface area contributed by atoms with Crippen molar-refractivity contribution in [1.82, 2.24) is 0 Å². The van der Waals surface area contributed by atoms with Crippen LogP contribution >= 0.6 is 0 Å². The first-order chi connectivity index (χ1) is 13.3. The largest absolute Gasteiger partial charge is 0.478 e. The first-order valence-corrected chi connectivity index (χ1v) is 6.95. The normalized spacial score (nSPS) is 8.14. The maximum absolute atomic E-state index is 9.25. The molecular formula is C17H28O12. The first-order valence-electron chi connectivity index (χ1n) is 6.95. The number of aliphatic carboxylic acids is 4. The van der Waals surface area contributed by atoms with Crippen LogP contribution in [0.2, 0.25) is 0 Å². The quantitative estimate of drug-likeness (QED) is 0.323. The van der Waals surface area contributed by atoms with Gasteiger partial charge in [-0.3, -0.25) is 0 Å². The Kier molecular flexibility index (Phi) is 33.9. The van der Waals surface area contributed by atoms with Crippen molar-refractivity contribution in [3.8, 4) is 0 Å². The lowest BCUT2D eigenvalue weighted by molar-refractivity contribution is -0.472. The number of rotatable bonds is 8. The predicted molar refractivity (Wildman–Crippen MR) is 102 cm³/mol. The first kappa shape index (κ1) is 36.6. The highest BCUT2D eigenvalue weighted by molar-refractivity contribution is 5.79. The van der Waals surface area contributed by atoms with Gasteiger partial charge in [0.25, 0.3) is 0 Å². The predicted octanol–water partition coefficient (Wildman–Crippen LogP) is 1.21. The molecule has 12 heteroatoms. The van der Waals surface area contributed by atoms with E-state index in [0.29, 0.717) is 0 Å². The summed E-state index contributed by atoms with van der Waals surface area (Å²) < 4.78 is 18.9. The average Bonchev–Trinajstić information content (AvgIpc) is 2.71. The number of carboxylic acids is 4. The molecule has 4 N–H and O–H groups in total. The monoisotopic (exact) mass is 424 g/mol. The molecule has 0 unspecified atom stereocenters. The molecule has 0 aliphatic rings. The molecule has 0 aromatic rings. The summed E-state index contributed by atoms with van der Waals surface area (Å²) in [6.45, 7) is 11.8. The number of carboxylic acid groups (broad SMARTS) is 4. The molecule has 0 amide bonds. The summed E-state index contributed by atoms with van der Waals surface area (Å²) >= 11 is 0. The molecule has 0 saturated carbocycles.